The zero-order chi connectivity index (χ0) is 15.4. The van der Waals surface area contributed by atoms with Crippen LogP contribution in [-0.4, -0.2) is 28.5 Å². The average Bonchev–Trinajstić information content (AvgIpc) is 2.88. The molecule has 0 aliphatic heterocycles. The zero-order valence-electron chi connectivity index (χ0n) is 11.6. The Balaban J connectivity index is 2.14. The van der Waals surface area contributed by atoms with Crippen molar-refractivity contribution in [1.82, 2.24) is 10.3 Å². The number of carbonyl (C=O) groups excluding carboxylic acids is 1. The standard InChI is InChI=1S/C15H17BrN2O3/c1-2-4-9(15(20)21)7-18-14(19)10-8-17-12-6-3-5-11(16)13(10)12/h3,5-6,8-9,17H,2,4,7H2,1H3,(H,18,19)(H,20,21). The molecule has 0 fully saturated rings. The van der Waals surface area contributed by atoms with Gasteiger partial charge in [-0.2, -0.15) is 0 Å². The maximum absolute atomic E-state index is 12.3. The molecule has 0 radical (unpaired) electrons. The third-order valence-electron chi connectivity index (χ3n) is 3.39. The highest BCUT2D eigenvalue weighted by molar-refractivity contribution is 9.10. The Bertz CT molecular complexity index is 666. The Morgan fingerprint density at radius 2 is 2.19 bits per heavy atom. The van der Waals surface area contributed by atoms with Gasteiger partial charge in [-0.15, -0.1) is 0 Å². The van der Waals surface area contributed by atoms with Gasteiger partial charge >= 0.3 is 5.97 Å². The Kier molecular flexibility index (Phi) is 5.01. The number of nitrogens with one attached hydrogen (secondary N) is 2. The number of hydrogen-bond donors (Lipinski definition) is 3. The Labute approximate surface area is 130 Å². The van der Waals surface area contributed by atoms with E-state index in [-0.39, 0.29) is 12.5 Å². The molecule has 0 bridgehead atoms. The SMILES string of the molecule is CCCC(CNC(=O)c1c[nH]c2cccc(Br)c12)C(=O)O. The van der Waals surface area contributed by atoms with Crippen LogP contribution in [0.15, 0.2) is 28.9 Å². The predicted octanol–water partition coefficient (Wildman–Crippen LogP) is 3.16. The van der Waals surface area contributed by atoms with Gasteiger partial charge in [0.25, 0.3) is 5.91 Å². The number of hydrogen-bond acceptors (Lipinski definition) is 2. The fourth-order valence-electron chi connectivity index (χ4n) is 2.29. The van der Waals surface area contributed by atoms with Gasteiger partial charge in [0.05, 0.1) is 11.5 Å². The number of aromatic nitrogens is 1. The van der Waals surface area contributed by atoms with Gasteiger partial charge in [0, 0.05) is 28.1 Å². The smallest absolute Gasteiger partial charge is 0.308 e. The molecule has 1 aromatic heterocycles. The maximum Gasteiger partial charge on any atom is 0.308 e. The Morgan fingerprint density at radius 1 is 1.43 bits per heavy atom. The topological polar surface area (TPSA) is 82.2 Å². The summed E-state index contributed by atoms with van der Waals surface area (Å²) in [5.74, 6) is -1.69. The number of benzene rings is 1. The first-order valence-corrected chi connectivity index (χ1v) is 7.60. The first-order valence-electron chi connectivity index (χ1n) is 6.81. The number of rotatable bonds is 6. The fourth-order valence-corrected chi connectivity index (χ4v) is 2.87. The van der Waals surface area contributed by atoms with Gasteiger partial charge in [-0.05, 0) is 18.6 Å². The Morgan fingerprint density at radius 3 is 2.86 bits per heavy atom. The van der Waals surface area contributed by atoms with Crippen molar-refractivity contribution in [2.75, 3.05) is 6.54 Å². The minimum Gasteiger partial charge on any atom is -0.481 e. The number of amides is 1. The van der Waals surface area contributed by atoms with Crippen molar-refractivity contribution in [2.24, 2.45) is 5.92 Å². The molecule has 2 aromatic rings. The van der Waals surface area contributed by atoms with E-state index in [4.69, 9.17) is 5.11 Å². The molecule has 1 amide bonds. The zero-order valence-corrected chi connectivity index (χ0v) is 13.2. The molecular formula is C15H17BrN2O3. The predicted molar refractivity (Wildman–Crippen MR) is 84.4 cm³/mol. The van der Waals surface area contributed by atoms with Gasteiger partial charge in [0.1, 0.15) is 0 Å². The molecule has 0 spiro atoms. The van der Waals surface area contributed by atoms with E-state index < -0.39 is 11.9 Å². The van der Waals surface area contributed by atoms with E-state index >= 15 is 0 Å². The molecule has 2 rings (SSSR count). The fraction of sp³-hybridized carbons (Fsp3) is 0.333. The van der Waals surface area contributed by atoms with E-state index in [1.165, 1.54) is 0 Å². The van der Waals surface area contributed by atoms with Crippen molar-refractivity contribution in [3.05, 3.63) is 34.4 Å². The quantitative estimate of drug-likeness (QED) is 0.746. The van der Waals surface area contributed by atoms with Gasteiger partial charge in [0.15, 0.2) is 0 Å². The molecule has 0 saturated heterocycles. The van der Waals surface area contributed by atoms with Gasteiger partial charge in [0.2, 0.25) is 0 Å². The van der Waals surface area contributed by atoms with Crippen LogP contribution in [0.3, 0.4) is 0 Å². The van der Waals surface area contributed by atoms with Crippen LogP contribution in [0.25, 0.3) is 10.9 Å². The van der Waals surface area contributed by atoms with Crippen molar-refractivity contribution >= 4 is 38.7 Å². The number of carboxylic acids is 1. The summed E-state index contributed by atoms with van der Waals surface area (Å²) in [4.78, 5) is 26.4. The second kappa shape index (κ2) is 6.76. The van der Waals surface area contributed by atoms with E-state index in [0.717, 1.165) is 21.8 Å². The first kappa shape index (κ1) is 15.6. The summed E-state index contributed by atoms with van der Waals surface area (Å²) >= 11 is 3.43. The lowest BCUT2D eigenvalue weighted by molar-refractivity contribution is -0.141. The number of fused-ring (bicyclic) bond motifs is 1. The van der Waals surface area contributed by atoms with Gasteiger partial charge < -0.3 is 15.4 Å². The molecule has 1 heterocycles. The maximum atomic E-state index is 12.3. The molecule has 21 heavy (non-hydrogen) atoms. The molecule has 112 valence electrons. The molecule has 1 unspecified atom stereocenters. The molecule has 1 aromatic carbocycles. The summed E-state index contributed by atoms with van der Waals surface area (Å²) in [5, 5.41) is 12.6. The minimum atomic E-state index is -0.878. The summed E-state index contributed by atoms with van der Waals surface area (Å²) < 4.78 is 0.828. The average molecular weight is 353 g/mol. The molecule has 6 heteroatoms. The highest BCUT2D eigenvalue weighted by Crippen LogP contribution is 2.26. The summed E-state index contributed by atoms with van der Waals surface area (Å²) in [5.41, 5.74) is 1.37. The summed E-state index contributed by atoms with van der Waals surface area (Å²) in [6, 6.07) is 5.63. The van der Waals surface area contributed by atoms with Crippen molar-refractivity contribution in [2.45, 2.75) is 19.8 Å². The largest absolute Gasteiger partial charge is 0.481 e. The minimum absolute atomic E-state index is 0.138. The third-order valence-corrected chi connectivity index (χ3v) is 4.06. The van der Waals surface area contributed by atoms with Crippen LogP contribution in [0.5, 0.6) is 0 Å². The second-order valence-corrected chi connectivity index (χ2v) is 5.75. The van der Waals surface area contributed by atoms with E-state index in [1.54, 1.807) is 6.20 Å². The number of halogens is 1. The number of aliphatic carboxylic acids is 1. The number of carbonyl (C=O) groups is 2. The van der Waals surface area contributed by atoms with E-state index in [1.807, 2.05) is 25.1 Å². The first-order chi connectivity index (χ1) is 10.0. The van der Waals surface area contributed by atoms with E-state index in [0.29, 0.717) is 12.0 Å². The van der Waals surface area contributed by atoms with E-state index in [9.17, 15) is 9.59 Å². The number of carboxylic acid groups (broad SMARTS) is 1. The molecule has 3 N–H and O–H groups in total. The molecular weight excluding hydrogens is 336 g/mol. The normalized spacial score (nSPS) is 12.3. The summed E-state index contributed by atoms with van der Waals surface area (Å²) in [7, 11) is 0. The van der Waals surface area contributed by atoms with Crippen LogP contribution in [0.2, 0.25) is 0 Å². The monoisotopic (exact) mass is 352 g/mol. The molecule has 0 aliphatic carbocycles. The third kappa shape index (κ3) is 3.44. The highest BCUT2D eigenvalue weighted by Gasteiger charge is 2.19. The summed E-state index contributed by atoms with van der Waals surface area (Å²) in [6.45, 7) is 2.06. The second-order valence-electron chi connectivity index (χ2n) is 4.90. The Hall–Kier alpha value is -1.82. The van der Waals surface area contributed by atoms with Crippen LogP contribution in [-0.2, 0) is 4.79 Å². The van der Waals surface area contributed by atoms with Gasteiger partial charge in [-0.25, -0.2) is 0 Å². The van der Waals surface area contributed by atoms with Crippen molar-refractivity contribution in [3.63, 3.8) is 0 Å². The van der Waals surface area contributed by atoms with Crippen LogP contribution in [0.1, 0.15) is 30.1 Å². The van der Waals surface area contributed by atoms with Crippen molar-refractivity contribution in [1.29, 1.82) is 0 Å². The highest BCUT2D eigenvalue weighted by atomic mass is 79.9. The molecule has 0 saturated carbocycles. The van der Waals surface area contributed by atoms with Crippen LogP contribution >= 0.6 is 15.9 Å². The molecule has 0 aliphatic rings. The van der Waals surface area contributed by atoms with Gasteiger partial charge in [-0.1, -0.05) is 35.3 Å². The number of H-pyrrole nitrogens is 1. The van der Waals surface area contributed by atoms with Crippen molar-refractivity contribution < 1.29 is 14.7 Å². The van der Waals surface area contributed by atoms with Crippen LogP contribution in [0.4, 0.5) is 0 Å². The molecule has 1 atom stereocenters. The molecule has 5 nitrogen and oxygen atoms in total. The van der Waals surface area contributed by atoms with Crippen LogP contribution in [0, 0.1) is 5.92 Å². The van der Waals surface area contributed by atoms with Gasteiger partial charge in [-0.3, -0.25) is 9.59 Å². The van der Waals surface area contributed by atoms with Crippen LogP contribution < -0.4 is 5.32 Å². The van der Waals surface area contributed by atoms with E-state index in [2.05, 4.69) is 26.2 Å². The lowest BCUT2D eigenvalue weighted by Crippen LogP contribution is -2.32. The lowest BCUT2D eigenvalue weighted by atomic mass is 10.0. The lowest BCUT2D eigenvalue weighted by Gasteiger charge is -2.12. The number of aromatic amines is 1. The summed E-state index contributed by atoms with van der Waals surface area (Å²) in [6.07, 6.45) is 2.96. The van der Waals surface area contributed by atoms with Crippen molar-refractivity contribution in [3.8, 4) is 0 Å².